The van der Waals surface area contributed by atoms with E-state index in [0.29, 0.717) is 25.2 Å². The lowest BCUT2D eigenvalue weighted by atomic mass is 9.97. The van der Waals surface area contributed by atoms with E-state index >= 15 is 0 Å². The molecule has 0 saturated carbocycles. The van der Waals surface area contributed by atoms with Gasteiger partial charge in [-0.25, -0.2) is 13.1 Å². The Morgan fingerprint density at radius 3 is 2.64 bits per heavy atom. The number of hydrogen-bond donors (Lipinski definition) is 3. The van der Waals surface area contributed by atoms with Gasteiger partial charge in [-0.15, -0.1) is 0 Å². The molecular formula is C20H35N5O2S. The molecule has 3 N–H and O–H groups in total. The van der Waals surface area contributed by atoms with Crippen molar-refractivity contribution in [3.8, 4) is 0 Å². The number of aliphatic imine (C=N–C) groups is 1. The summed E-state index contributed by atoms with van der Waals surface area (Å²) in [6.45, 7) is 9.47. The van der Waals surface area contributed by atoms with Crippen LogP contribution in [0.2, 0.25) is 0 Å². The Morgan fingerprint density at radius 2 is 2.00 bits per heavy atom. The first-order chi connectivity index (χ1) is 13.4. The Morgan fingerprint density at radius 1 is 1.25 bits per heavy atom. The second-order valence-corrected chi connectivity index (χ2v) is 9.32. The molecular weight excluding hydrogens is 374 g/mol. The SMILES string of the molecule is CCNC(=NCCNS(=O)(=O)CC)NC1CCN(Cc2ccccc2)C(C)C1. The number of guanidine groups is 1. The van der Waals surface area contributed by atoms with Crippen molar-refractivity contribution in [3.63, 3.8) is 0 Å². The van der Waals surface area contributed by atoms with Crippen molar-refractivity contribution < 1.29 is 8.42 Å². The summed E-state index contributed by atoms with van der Waals surface area (Å²) < 4.78 is 25.5. The van der Waals surface area contributed by atoms with Crippen LogP contribution in [0.3, 0.4) is 0 Å². The molecule has 28 heavy (non-hydrogen) atoms. The minimum absolute atomic E-state index is 0.0917. The van der Waals surface area contributed by atoms with E-state index in [1.54, 1.807) is 6.92 Å². The average molecular weight is 410 g/mol. The molecule has 1 fully saturated rings. The predicted molar refractivity (Wildman–Crippen MR) is 116 cm³/mol. The van der Waals surface area contributed by atoms with Gasteiger partial charge < -0.3 is 10.6 Å². The fourth-order valence-corrected chi connectivity index (χ4v) is 4.00. The highest BCUT2D eigenvalue weighted by atomic mass is 32.2. The Labute approximate surface area is 170 Å². The average Bonchev–Trinajstić information content (AvgIpc) is 2.68. The molecule has 0 bridgehead atoms. The summed E-state index contributed by atoms with van der Waals surface area (Å²) in [4.78, 5) is 7.04. The molecule has 1 aromatic carbocycles. The third-order valence-electron chi connectivity index (χ3n) is 5.01. The molecule has 2 atom stereocenters. The minimum atomic E-state index is -3.16. The summed E-state index contributed by atoms with van der Waals surface area (Å²) in [5, 5.41) is 6.77. The highest BCUT2D eigenvalue weighted by Gasteiger charge is 2.25. The van der Waals surface area contributed by atoms with E-state index in [9.17, 15) is 8.42 Å². The van der Waals surface area contributed by atoms with Gasteiger partial charge in [0.25, 0.3) is 0 Å². The van der Waals surface area contributed by atoms with E-state index in [1.807, 2.05) is 6.92 Å². The zero-order valence-corrected chi connectivity index (χ0v) is 18.1. The molecule has 0 radical (unpaired) electrons. The number of likely N-dealkylation sites (tertiary alicyclic amines) is 1. The lowest BCUT2D eigenvalue weighted by Gasteiger charge is -2.38. The van der Waals surface area contributed by atoms with Crippen molar-refractivity contribution in [2.24, 2.45) is 4.99 Å². The smallest absolute Gasteiger partial charge is 0.211 e. The molecule has 1 heterocycles. The van der Waals surface area contributed by atoms with E-state index in [-0.39, 0.29) is 5.75 Å². The van der Waals surface area contributed by atoms with Crippen molar-refractivity contribution in [2.75, 3.05) is 31.9 Å². The Hall–Kier alpha value is -1.64. The van der Waals surface area contributed by atoms with Gasteiger partial charge in [-0.2, -0.15) is 0 Å². The first-order valence-corrected chi connectivity index (χ1v) is 11.9. The van der Waals surface area contributed by atoms with Gasteiger partial charge in [0.1, 0.15) is 0 Å². The number of hydrogen-bond acceptors (Lipinski definition) is 4. The van der Waals surface area contributed by atoms with Crippen molar-refractivity contribution >= 4 is 16.0 Å². The Kier molecular flexibility index (Phi) is 9.21. The number of sulfonamides is 1. The number of benzene rings is 1. The molecule has 1 aromatic rings. The second kappa shape index (κ2) is 11.4. The van der Waals surface area contributed by atoms with Crippen LogP contribution in [0, 0.1) is 0 Å². The summed E-state index contributed by atoms with van der Waals surface area (Å²) in [7, 11) is -3.16. The fourth-order valence-electron chi connectivity index (χ4n) is 3.39. The van der Waals surface area contributed by atoms with Gasteiger partial charge in [0, 0.05) is 38.3 Å². The van der Waals surface area contributed by atoms with Crippen LogP contribution in [0.15, 0.2) is 35.3 Å². The van der Waals surface area contributed by atoms with Crippen molar-refractivity contribution in [1.29, 1.82) is 0 Å². The van der Waals surface area contributed by atoms with Gasteiger partial charge in [-0.05, 0) is 39.2 Å². The summed E-state index contributed by atoms with van der Waals surface area (Å²) in [6, 6.07) is 11.5. The van der Waals surface area contributed by atoms with Crippen LogP contribution in [-0.2, 0) is 16.6 Å². The summed E-state index contributed by atoms with van der Waals surface area (Å²) in [6.07, 6.45) is 2.11. The van der Waals surface area contributed by atoms with E-state index in [4.69, 9.17) is 0 Å². The largest absolute Gasteiger partial charge is 0.357 e. The number of piperidine rings is 1. The van der Waals surface area contributed by atoms with Gasteiger partial charge >= 0.3 is 0 Å². The molecule has 2 rings (SSSR count). The number of rotatable bonds is 9. The van der Waals surface area contributed by atoms with E-state index < -0.39 is 10.0 Å². The van der Waals surface area contributed by atoms with Crippen LogP contribution >= 0.6 is 0 Å². The summed E-state index contributed by atoms with van der Waals surface area (Å²) >= 11 is 0. The number of nitrogens with one attached hydrogen (secondary N) is 3. The first kappa shape index (κ1) is 22.6. The van der Waals surface area contributed by atoms with Crippen LogP contribution < -0.4 is 15.4 Å². The number of nitrogens with zero attached hydrogens (tertiary/aromatic N) is 2. The monoisotopic (exact) mass is 409 g/mol. The van der Waals surface area contributed by atoms with Gasteiger partial charge in [0.2, 0.25) is 10.0 Å². The van der Waals surface area contributed by atoms with E-state index in [0.717, 1.165) is 38.4 Å². The molecule has 0 aliphatic carbocycles. The van der Waals surface area contributed by atoms with Crippen LogP contribution in [0.4, 0.5) is 0 Å². The molecule has 1 aliphatic rings. The highest BCUT2D eigenvalue weighted by Crippen LogP contribution is 2.19. The van der Waals surface area contributed by atoms with E-state index in [1.165, 1.54) is 5.56 Å². The zero-order chi connectivity index (χ0) is 20.4. The molecule has 0 amide bonds. The Bertz CT molecular complexity index is 709. The maximum absolute atomic E-state index is 11.5. The van der Waals surface area contributed by atoms with Crippen LogP contribution in [0.25, 0.3) is 0 Å². The fraction of sp³-hybridized carbons (Fsp3) is 0.650. The molecule has 2 unspecified atom stereocenters. The molecule has 7 nitrogen and oxygen atoms in total. The highest BCUT2D eigenvalue weighted by molar-refractivity contribution is 7.89. The minimum Gasteiger partial charge on any atom is -0.357 e. The van der Waals surface area contributed by atoms with Crippen molar-refractivity contribution in [1.82, 2.24) is 20.3 Å². The van der Waals surface area contributed by atoms with E-state index in [2.05, 4.69) is 62.5 Å². The quantitative estimate of drug-likeness (QED) is 0.327. The maximum atomic E-state index is 11.5. The van der Waals surface area contributed by atoms with Crippen molar-refractivity contribution in [3.05, 3.63) is 35.9 Å². The molecule has 1 aliphatic heterocycles. The molecule has 158 valence electrons. The Balaban J connectivity index is 1.82. The predicted octanol–water partition coefficient (Wildman–Crippen LogP) is 1.53. The maximum Gasteiger partial charge on any atom is 0.211 e. The third-order valence-corrected chi connectivity index (χ3v) is 6.42. The van der Waals surface area contributed by atoms with Gasteiger partial charge in [0.15, 0.2) is 5.96 Å². The molecule has 1 saturated heterocycles. The van der Waals surface area contributed by atoms with Gasteiger partial charge in [-0.1, -0.05) is 30.3 Å². The van der Waals surface area contributed by atoms with Gasteiger partial charge in [0.05, 0.1) is 12.3 Å². The van der Waals surface area contributed by atoms with Crippen molar-refractivity contribution in [2.45, 2.75) is 52.2 Å². The standard InChI is InChI=1S/C20H35N5O2S/c1-4-21-20(22-12-13-23-28(26,27)5-2)24-19-11-14-25(17(3)15-19)16-18-9-7-6-8-10-18/h6-10,17,19,23H,4-5,11-16H2,1-3H3,(H2,21,22,24). The summed E-state index contributed by atoms with van der Waals surface area (Å²) in [5.41, 5.74) is 1.35. The zero-order valence-electron chi connectivity index (χ0n) is 17.3. The first-order valence-electron chi connectivity index (χ1n) is 10.2. The topological polar surface area (TPSA) is 85.8 Å². The molecule has 0 aromatic heterocycles. The lowest BCUT2D eigenvalue weighted by Crippen LogP contribution is -2.51. The normalized spacial score (nSPS) is 21.5. The molecule has 0 spiro atoms. The molecule has 8 heteroatoms. The summed E-state index contributed by atoms with van der Waals surface area (Å²) in [5.74, 6) is 0.848. The lowest BCUT2D eigenvalue weighted by molar-refractivity contribution is 0.134. The van der Waals surface area contributed by atoms with Crippen LogP contribution in [-0.4, -0.2) is 63.3 Å². The van der Waals surface area contributed by atoms with Crippen LogP contribution in [0.1, 0.15) is 39.2 Å². The third kappa shape index (κ3) is 7.77. The van der Waals surface area contributed by atoms with Crippen LogP contribution in [0.5, 0.6) is 0 Å². The second-order valence-electron chi connectivity index (χ2n) is 7.23. The van der Waals surface area contributed by atoms with Gasteiger partial charge in [-0.3, -0.25) is 9.89 Å².